The van der Waals surface area contributed by atoms with Crippen LogP contribution in [0.25, 0.3) is 76.9 Å². The van der Waals surface area contributed by atoms with Gasteiger partial charge in [-0.25, -0.2) is 0 Å². The lowest BCUT2D eigenvalue weighted by Gasteiger charge is -2.12. The molecule has 0 saturated heterocycles. The molecular formula is C42H24N4. The van der Waals surface area contributed by atoms with Crippen molar-refractivity contribution in [2.75, 3.05) is 0 Å². The van der Waals surface area contributed by atoms with Crippen molar-refractivity contribution in [3.63, 3.8) is 0 Å². The molecule has 4 nitrogen and oxygen atoms in total. The molecule has 0 amide bonds. The Morgan fingerprint density at radius 3 is 1.59 bits per heavy atom. The number of para-hydroxylation sites is 2. The maximum absolute atomic E-state index is 9.89. The second kappa shape index (κ2) is 9.96. The topological polar surface area (TPSA) is 57.4 Å². The number of benzene rings is 7. The summed E-state index contributed by atoms with van der Waals surface area (Å²) in [5.74, 6) is 0. The van der Waals surface area contributed by atoms with E-state index in [0.29, 0.717) is 16.7 Å². The van der Waals surface area contributed by atoms with Gasteiger partial charge in [-0.2, -0.15) is 10.5 Å². The van der Waals surface area contributed by atoms with Gasteiger partial charge < -0.3 is 9.13 Å². The molecule has 0 aliphatic rings. The Labute approximate surface area is 264 Å². The second-order valence-electron chi connectivity index (χ2n) is 11.6. The van der Waals surface area contributed by atoms with Crippen LogP contribution in [0.4, 0.5) is 0 Å². The highest BCUT2D eigenvalue weighted by molar-refractivity contribution is 6.29. The maximum Gasteiger partial charge on any atom is 0.0998 e. The molecule has 0 unspecified atom stereocenters. The molecule has 2 heterocycles. The Morgan fingerprint density at radius 2 is 0.957 bits per heavy atom. The summed E-state index contributed by atoms with van der Waals surface area (Å²) in [4.78, 5) is 0. The highest BCUT2D eigenvalue weighted by Gasteiger charge is 2.21. The second-order valence-corrected chi connectivity index (χ2v) is 11.6. The van der Waals surface area contributed by atoms with E-state index in [0.717, 1.165) is 39.0 Å². The number of nitrogens with zero attached hydrogens (tertiary/aromatic N) is 4. The quantitative estimate of drug-likeness (QED) is 0.207. The molecule has 9 aromatic rings. The van der Waals surface area contributed by atoms with Gasteiger partial charge in [0.25, 0.3) is 0 Å². The summed E-state index contributed by atoms with van der Waals surface area (Å²) >= 11 is 0. The minimum absolute atomic E-state index is 0.488. The third-order valence-corrected chi connectivity index (χ3v) is 9.16. The van der Waals surface area contributed by atoms with Gasteiger partial charge >= 0.3 is 0 Å². The SMILES string of the molecule is N#Cc1cccc(C#N)c1-c1cccc(-n2c3ccccc3c3c4c5ccccc5n(-c5ccc6ccccc6c5)c4ccc32)c1. The predicted octanol–water partition coefficient (Wildman–Crippen LogP) is 10.4. The fourth-order valence-corrected chi connectivity index (χ4v) is 7.24. The molecule has 212 valence electrons. The molecule has 0 radical (unpaired) electrons. The highest BCUT2D eigenvalue weighted by Crippen LogP contribution is 2.43. The van der Waals surface area contributed by atoms with Crippen LogP contribution in [-0.4, -0.2) is 9.13 Å². The van der Waals surface area contributed by atoms with Crippen LogP contribution in [0, 0.1) is 22.7 Å². The number of rotatable bonds is 3. The summed E-state index contributed by atoms with van der Waals surface area (Å²) in [6, 6.07) is 54.9. The van der Waals surface area contributed by atoms with E-state index in [9.17, 15) is 10.5 Å². The molecule has 0 atom stereocenters. The van der Waals surface area contributed by atoms with Crippen molar-refractivity contribution < 1.29 is 0 Å². The predicted molar refractivity (Wildman–Crippen MR) is 187 cm³/mol. The van der Waals surface area contributed by atoms with Crippen LogP contribution in [0.3, 0.4) is 0 Å². The number of aromatic nitrogens is 2. The third kappa shape index (κ3) is 3.65. The van der Waals surface area contributed by atoms with Crippen LogP contribution in [-0.2, 0) is 0 Å². The molecule has 0 fully saturated rings. The fourth-order valence-electron chi connectivity index (χ4n) is 7.24. The minimum Gasteiger partial charge on any atom is -0.309 e. The number of hydrogen-bond donors (Lipinski definition) is 0. The van der Waals surface area contributed by atoms with E-state index in [4.69, 9.17) is 0 Å². The van der Waals surface area contributed by atoms with Gasteiger partial charge in [-0.15, -0.1) is 0 Å². The molecule has 0 aliphatic carbocycles. The van der Waals surface area contributed by atoms with Crippen molar-refractivity contribution in [2.24, 2.45) is 0 Å². The molecular weight excluding hydrogens is 560 g/mol. The number of hydrogen-bond acceptors (Lipinski definition) is 2. The van der Waals surface area contributed by atoms with Crippen LogP contribution in [0.5, 0.6) is 0 Å². The van der Waals surface area contributed by atoms with E-state index in [2.05, 4.69) is 137 Å². The van der Waals surface area contributed by atoms with E-state index in [-0.39, 0.29) is 0 Å². The van der Waals surface area contributed by atoms with Crippen molar-refractivity contribution in [3.05, 3.63) is 157 Å². The zero-order valence-electron chi connectivity index (χ0n) is 24.6. The van der Waals surface area contributed by atoms with Gasteiger partial charge in [0.05, 0.1) is 45.3 Å². The Balaban J connectivity index is 1.37. The summed E-state index contributed by atoms with van der Waals surface area (Å²) in [5.41, 5.74) is 9.09. The lowest BCUT2D eigenvalue weighted by atomic mass is 9.95. The Bertz CT molecular complexity index is 2750. The Kier molecular flexibility index (Phi) is 5.59. The maximum atomic E-state index is 9.89. The lowest BCUT2D eigenvalue weighted by molar-refractivity contribution is 1.17. The normalized spacial score (nSPS) is 11.4. The molecule has 0 N–H and O–H groups in total. The van der Waals surface area contributed by atoms with Crippen LogP contribution in [0.1, 0.15) is 11.1 Å². The molecule has 46 heavy (non-hydrogen) atoms. The molecule has 9 rings (SSSR count). The largest absolute Gasteiger partial charge is 0.309 e. The van der Waals surface area contributed by atoms with E-state index in [1.165, 1.54) is 32.3 Å². The first-order valence-electron chi connectivity index (χ1n) is 15.2. The highest BCUT2D eigenvalue weighted by atomic mass is 15.0. The van der Waals surface area contributed by atoms with Gasteiger partial charge in [0.2, 0.25) is 0 Å². The summed E-state index contributed by atoms with van der Waals surface area (Å²) in [6.45, 7) is 0. The zero-order valence-corrected chi connectivity index (χ0v) is 24.6. The fraction of sp³-hybridized carbons (Fsp3) is 0. The lowest BCUT2D eigenvalue weighted by Crippen LogP contribution is -1.96. The van der Waals surface area contributed by atoms with Crippen LogP contribution in [0.15, 0.2) is 146 Å². The van der Waals surface area contributed by atoms with Crippen LogP contribution < -0.4 is 0 Å². The summed E-state index contributed by atoms with van der Waals surface area (Å²) < 4.78 is 4.68. The van der Waals surface area contributed by atoms with Gasteiger partial charge in [0.15, 0.2) is 0 Å². The molecule has 2 aromatic heterocycles. The van der Waals surface area contributed by atoms with E-state index in [1.807, 2.05) is 12.1 Å². The van der Waals surface area contributed by atoms with Crippen molar-refractivity contribution in [1.29, 1.82) is 10.5 Å². The summed E-state index contributed by atoms with van der Waals surface area (Å²) in [6.07, 6.45) is 0. The smallest absolute Gasteiger partial charge is 0.0998 e. The third-order valence-electron chi connectivity index (χ3n) is 9.16. The first-order chi connectivity index (χ1) is 22.7. The standard InChI is InChI=1S/C42H24N4/c43-25-30-12-7-13-31(26-44)40(30)29-11-8-14-32(24-29)45-36-17-5-3-15-34(36)41-38(45)21-22-39-42(41)35-16-4-6-18-37(35)46(39)33-20-19-27-9-1-2-10-28(27)23-33/h1-24H. The van der Waals surface area contributed by atoms with Crippen molar-refractivity contribution in [3.8, 4) is 34.6 Å². The molecule has 0 bridgehead atoms. The zero-order chi connectivity index (χ0) is 30.8. The molecule has 4 heteroatoms. The van der Waals surface area contributed by atoms with E-state index in [1.54, 1.807) is 18.2 Å². The van der Waals surface area contributed by atoms with Gasteiger partial charge in [0, 0.05) is 38.5 Å². The van der Waals surface area contributed by atoms with Crippen molar-refractivity contribution in [1.82, 2.24) is 9.13 Å². The summed E-state index contributed by atoms with van der Waals surface area (Å²) in [7, 11) is 0. The van der Waals surface area contributed by atoms with Gasteiger partial charge in [-0.3, -0.25) is 0 Å². The van der Waals surface area contributed by atoms with E-state index >= 15 is 0 Å². The molecule has 0 aliphatic heterocycles. The molecule has 0 spiro atoms. The van der Waals surface area contributed by atoms with Gasteiger partial charge in [-0.1, -0.05) is 84.9 Å². The minimum atomic E-state index is 0.488. The first-order valence-corrected chi connectivity index (χ1v) is 15.2. The summed E-state index contributed by atoms with van der Waals surface area (Å²) in [5, 5.41) is 27.0. The van der Waals surface area contributed by atoms with Crippen LogP contribution >= 0.6 is 0 Å². The first kappa shape index (κ1) is 25.8. The molecule has 7 aromatic carbocycles. The van der Waals surface area contributed by atoms with Gasteiger partial charge in [0.1, 0.15) is 0 Å². The van der Waals surface area contributed by atoms with Gasteiger partial charge in [-0.05, 0) is 77.0 Å². The number of fused-ring (bicyclic) bond motifs is 8. The molecule has 0 saturated carbocycles. The van der Waals surface area contributed by atoms with Crippen LogP contribution in [0.2, 0.25) is 0 Å². The van der Waals surface area contributed by atoms with E-state index < -0.39 is 0 Å². The van der Waals surface area contributed by atoms with Crippen molar-refractivity contribution >= 4 is 54.4 Å². The monoisotopic (exact) mass is 584 g/mol. The average molecular weight is 585 g/mol. The van der Waals surface area contributed by atoms with Crippen molar-refractivity contribution in [2.45, 2.75) is 0 Å². The number of nitriles is 2. The Hall–Kier alpha value is -6.62. The Morgan fingerprint density at radius 1 is 0.413 bits per heavy atom. The average Bonchev–Trinajstić information content (AvgIpc) is 3.64.